The van der Waals surface area contributed by atoms with Crippen molar-refractivity contribution in [3.63, 3.8) is 0 Å². The van der Waals surface area contributed by atoms with Crippen LogP contribution < -0.4 is 5.32 Å². The maximum absolute atomic E-state index is 11.8. The Hall–Kier alpha value is -0.420. The van der Waals surface area contributed by atoms with E-state index in [-0.39, 0.29) is 12.3 Å². The molecule has 1 heterocycles. The quantitative estimate of drug-likeness (QED) is 0.563. The molecular formula is C11H22NO5P. The number of nitrogens with one attached hydrogen (secondary N) is 1. The zero-order valence-electron chi connectivity index (χ0n) is 10.8. The van der Waals surface area contributed by atoms with Gasteiger partial charge in [0.2, 0.25) is 0 Å². The highest BCUT2D eigenvalue weighted by atomic mass is 31.2. The first-order valence-corrected chi connectivity index (χ1v) is 7.91. The van der Waals surface area contributed by atoms with Gasteiger partial charge in [0.25, 0.3) is 0 Å². The third-order valence-electron chi connectivity index (χ3n) is 4.27. The smallest absolute Gasteiger partial charge is 0.331 e. The molecule has 0 aromatic rings. The second-order valence-electron chi connectivity index (χ2n) is 4.92. The summed E-state index contributed by atoms with van der Waals surface area (Å²) in [6.45, 7) is 4.02. The molecule has 0 aromatic heterocycles. The molecule has 1 aliphatic heterocycles. The van der Waals surface area contributed by atoms with Crippen molar-refractivity contribution in [2.45, 2.75) is 50.7 Å². The van der Waals surface area contributed by atoms with Crippen LogP contribution in [0.1, 0.15) is 39.5 Å². The first-order valence-electron chi connectivity index (χ1n) is 6.30. The van der Waals surface area contributed by atoms with Crippen LogP contribution in [-0.4, -0.2) is 38.6 Å². The van der Waals surface area contributed by atoms with Gasteiger partial charge in [-0.05, 0) is 38.1 Å². The predicted molar refractivity (Wildman–Crippen MR) is 67.5 cm³/mol. The molecule has 1 saturated heterocycles. The van der Waals surface area contributed by atoms with Gasteiger partial charge in [0.1, 0.15) is 6.04 Å². The van der Waals surface area contributed by atoms with Crippen molar-refractivity contribution in [3.05, 3.63) is 0 Å². The molecule has 18 heavy (non-hydrogen) atoms. The monoisotopic (exact) mass is 279 g/mol. The van der Waals surface area contributed by atoms with E-state index in [2.05, 4.69) is 5.32 Å². The third kappa shape index (κ3) is 2.77. The second-order valence-corrected chi connectivity index (χ2v) is 6.90. The fourth-order valence-electron chi connectivity index (χ4n) is 3.07. The summed E-state index contributed by atoms with van der Waals surface area (Å²) in [6, 6.07) is -0.701. The number of rotatable bonds is 5. The summed E-state index contributed by atoms with van der Waals surface area (Å²) in [5, 5.41) is 10.8. The average Bonchev–Trinajstić information content (AvgIpc) is 2.30. The molecule has 0 amide bonds. The van der Waals surface area contributed by atoms with Crippen LogP contribution in [0, 0.1) is 5.92 Å². The lowest BCUT2D eigenvalue weighted by Crippen LogP contribution is -2.50. The van der Waals surface area contributed by atoms with E-state index in [1.54, 1.807) is 13.8 Å². The van der Waals surface area contributed by atoms with E-state index in [4.69, 9.17) is 5.11 Å². The lowest BCUT2D eigenvalue weighted by molar-refractivity contribution is -0.140. The van der Waals surface area contributed by atoms with E-state index >= 15 is 0 Å². The van der Waals surface area contributed by atoms with Gasteiger partial charge in [-0.3, -0.25) is 9.36 Å². The summed E-state index contributed by atoms with van der Waals surface area (Å²) in [7, 11) is -4.25. The Kier molecular flexibility index (Phi) is 4.95. The second kappa shape index (κ2) is 5.70. The van der Waals surface area contributed by atoms with Gasteiger partial charge in [0.05, 0.1) is 5.16 Å². The summed E-state index contributed by atoms with van der Waals surface area (Å²) in [4.78, 5) is 30.3. The van der Waals surface area contributed by atoms with E-state index in [1.807, 2.05) is 0 Å². The van der Waals surface area contributed by atoms with Gasteiger partial charge < -0.3 is 20.2 Å². The molecule has 0 spiro atoms. The van der Waals surface area contributed by atoms with Gasteiger partial charge in [-0.15, -0.1) is 0 Å². The topological polar surface area (TPSA) is 107 Å². The van der Waals surface area contributed by atoms with Crippen LogP contribution >= 0.6 is 7.60 Å². The fraction of sp³-hybridized carbons (Fsp3) is 0.909. The lowest BCUT2D eigenvalue weighted by Gasteiger charge is -2.43. The first-order chi connectivity index (χ1) is 8.28. The number of hydrogen-bond donors (Lipinski definition) is 4. The maximum Gasteiger partial charge on any atom is 0.331 e. The Balaban J connectivity index is 3.00. The minimum atomic E-state index is -4.25. The summed E-state index contributed by atoms with van der Waals surface area (Å²) >= 11 is 0. The van der Waals surface area contributed by atoms with Crippen LogP contribution in [-0.2, 0) is 9.36 Å². The van der Waals surface area contributed by atoms with Crippen LogP contribution in [0.3, 0.4) is 0 Å². The maximum atomic E-state index is 11.8. The Bertz CT molecular complexity index is 349. The third-order valence-corrected chi connectivity index (χ3v) is 6.42. The van der Waals surface area contributed by atoms with Crippen LogP contribution in [0.15, 0.2) is 0 Å². The van der Waals surface area contributed by atoms with Gasteiger partial charge in [-0.25, -0.2) is 0 Å². The first kappa shape index (κ1) is 15.6. The highest BCUT2D eigenvalue weighted by molar-refractivity contribution is 7.53. The standard InChI is InChI=1S/C11H22NO5P/c1-3-11(4-2,18(15,16)17)8-5-6-12-9(7-8)10(13)14/h8-9,12H,3-7H2,1-2H3,(H,13,14)(H2,15,16,17). The lowest BCUT2D eigenvalue weighted by atomic mass is 9.78. The molecular weight excluding hydrogens is 257 g/mol. The largest absolute Gasteiger partial charge is 0.480 e. The van der Waals surface area contributed by atoms with Crippen LogP contribution in [0.2, 0.25) is 0 Å². The molecule has 2 unspecified atom stereocenters. The Morgan fingerprint density at radius 3 is 2.33 bits per heavy atom. The molecule has 0 radical (unpaired) electrons. The van der Waals surface area contributed by atoms with E-state index in [0.717, 1.165) is 0 Å². The molecule has 0 saturated carbocycles. The van der Waals surface area contributed by atoms with Crippen molar-refractivity contribution in [1.29, 1.82) is 0 Å². The van der Waals surface area contributed by atoms with E-state index in [1.165, 1.54) is 0 Å². The molecule has 1 fully saturated rings. The number of carboxylic acids is 1. The SMILES string of the molecule is CCC(CC)(C1CCNC(C(=O)O)C1)P(=O)(O)O. The van der Waals surface area contributed by atoms with Crippen LogP contribution in [0.5, 0.6) is 0 Å². The normalized spacial score (nSPS) is 26.0. The van der Waals surface area contributed by atoms with Gasteiger partial charge in [-0.1, -0.05) is 13.8 Å². The zero-order valence-corrected chi connectivity index (χ0v) is 11.7. The van der Waals surface area contributed by atoms with Crippen molar-refractivity contribution in [3.8, 4) is 0 Å². The number of hydrogen-bond acceptors (Lipinski definition) is 3. The minimum Gasteiger partial charge on any atom is -0.480 e. The predicted octanol–water partition coefficient (Wildman–Crippen LogP) is 1.18. The van der Waals surface area contributed by atoms with E-state index in [9.17, 15) is 19.1 Å². The number of carbonyl (C=O) groups is 1. The van der Waals surface area contributed by atoms with Gasteiger partial charge in [-0.2, -0.15) is 0 Å². The Labute approximate surface area is 107 Å². The molecule has 2 atom stereocenters. The summed E-state index contributed by atoms with van der Waals surface area (Å²) in [6.07, 6.45) is 1.62. The molecule has 1 aliphatic rings. The van der Waals surface area contributed by atoms with Crippen molar-refractivity contribution >= 4 is 13.6 Å². The molecule has 0 bridgehead atoms. The van der Waals surface area contributed by atoms with Crippen molar-refractivity contribution < 1.29 is 24.3 Å². The van der Waals surface area contributed by atoms with Gasteiger partial charge in [0.15, 0.2) is 0 Å². The molecule has 1 rings (SSSR count). The molecule has 4 N–H and O–H groups in total. The Morgan fingerprint density at radius 1 is 1.39 bits per heavy atom. The van der Waals surface area contributed by atoms with Crippen LogP contribution in [0.4, 0.5) is 0 Å². The van der Waals surface area contributed by atoms with E-state index < -0.39 is 24.8 Å². The minimum absolute atomic E-state index is 0.254. The Morgan fingerprint density at radius 2 is 1.94 bits per heavy atom. The summed E-state index contributed by atoms with van der Waals surface area (Å²) in [5.74, 6) is -1.21. The molecule has 106 valence electrons. The highest BCUT2D eigenvalue weighted by Crippen LogP contribution is 2.60. The van der Waals surface area contributed by atoms with Gasteiger partial charge in [0, 0.05) is 0 Å². The van der Waals surface area contributed by atoms with Crippen molar-refractivity contribution in [1.82, 2.24) is 5.32 Å². The fourth-order valence-corrected chi connectivity index (χ4v) is 4.60. The summed E-state index contributed by atoms with van der Waals surface area (Å²) < 4.78 is 11.8. The van der Waals surface area contributed by atoms with Crippen LogP contribution in [0.25, 0.3) is 0 Å². The van der Waals surface area contributed by atoms with Crippen molar-refractivity contribution in [2.24, 2.45) is 5.92 Å². The number of aliphatic carboxylic acids is 1. The highest BCUT2D eigenvalue weighted by Gasteiger charge is 2.51. The molecule has 0 aromatic carbocycles. The van der Waals surface area contributed by atoms with Gasteiger partial charge >= 0.3 is 13.6 Å². The zero-order chi connectivity index (χ0) is 14.0. The number of piperidine rings is 1. The average molecular weight is 279 g/mol. The number of carboxylic acid groups (broad SMARTS) is 1. The molecule has 7 heteroatoms. The summed E-state index contributed by atoms with van der Waals surface area (Å²) in [5.41, 5.74) is 0. The van der Waals surface area contributed by atoms with E-state index in [0.29, 0.717) is 25.8 Å². The molecule has 0 aliphatic carbocycles. The van der Waals surface area contributed by atoms with Crippen molar-refractivity contribution in [2.75, 3.05) is 6.54 Å². The molecule has 6 nitrogen and oxygen atoms in total.